The van der Waals surface area contributed by atoms with Crippen LogP contribution in [-0.2, 0) is 7.05 Å². The molecule has 7 heteroatoms. The fourth-order valence-electron chi connectivity index (χ4n) is 2.77. The summed E-state index contributed by atoms with van der Waals surface area (Å²) in [6, 6.07) is 0. The van der Waals surface area contributed by atoms with Crippen molar-refractivity contribution in [3.63, 3.8) is 0 Å². The molecule has 0 radical (unpaired) electrons. The van der Waals surface area contributed by atoms with Crippen molar-refractivity contribution in [2.75, 3.05) is 18.8 Å². The molecule has 1 amide bonds. The zero-order valence-electron chi connectivity index (χ0n) is 11.6. The highest BCUT2D eigenvalue weighted by atomic mass is 32.1. The number of amides is 1. The maximum absolute atomic E-state index is 12.6. The molecule has 20 heavy (non-hydrogen) atoms. The second-order valence-corrected chi connectivity index (χ2v) is 6.28. The molecule has 108 valence electrons. The molecule has 3 N–H and O–H groups in total. The van der Waals surface area contributed by atoms with Gasteiger partial charge in [0.05, 0.1) is 22.9 Å². The number of thiophene rings is 1. The van der Waals surface area contributed by atoms with Gasteiger partial charge in [0.2, 0.25) is 0 Å². The van der Waals surface area contributed by atoms with E-state index in [4.69, 9.17) is 5.73 Å². The molecule has 0 saturated carbocycles. The van der Waals surface area contributed by atoms with Crippen molar-refractivity contribution in [2.24, 2.45) is 7.05 Å². The van der Waals surface area contributed by atoms with Crippen LogP contribution < -0.4 is 5.73 Å². The molecule has 2 aromatic heterocycles. The average molecular weight is 294 g/mol. The number of β-amino-alcohol motifs (C(OH)–C–C–N with tert-alkyl or cyclic N) is 1. The number of aliphatic hydroxyl groups excluding tert-OH is 1. The van der Waals surface area contributed by atoms with Gasteiger partial charge in [-0.25, -0.2) is 0 Å². The zero-order chi connectivity index (χ0) is 14.4. The monoisotopic (exact) mass is 294 g/mol. The molecule has 0 aromatic carbocycles. The number of aromatic nitrogens is 2. The number of carbonyl (C=O) groups is 1. The van der Waals surface area contributed by atoms with Crippen LogP contribution in [0.4, 0.5) is 5.69 Å². The van der Waals surface area contributed by atoms with Gasteiger partial charge in [0.1, 0.15) is 9.71 Å². The Morgan fingerprint density at radius 1 is 1.55 bits per heavy atom. The molecule has 3 rings (SSSR count). The molecule has 6 nitrogen and oxygen atoms in total. The quantitative estimate of drug-likeness (QED) is 0.825. The smallest absolute Gasteiger partial charge is 0.266 e. The van der Waals surface area contributed by atoms with Crippen molar-refractivity contribution in [3.05, 3.63) is 10.6 Å². The molecule has 1 unspecified atom stereocenters. The summed E-state index contributed by atoms with van der Waals surface area (Å²) in [5.74, 6) is -0.0816. The highest BCUT2D eigenvalue weighted by molar-refractivity contribution is 7.21. The Bertz CT molecular complexity index is 676. The van der Waals surface area contributed by atoms with E-state index in [0.717, 1.165) is 28.8 Å². The number of hydrogen-bond acceptors (Lipinski definition) is 5. The molecule has 3 heterocycles. The van der Waals surface area contributed by atoms with E-state index in [-0.39, 0.29) is 5.91 Å². The van der Waals surface area contributed by atoms with Gasteiger partial charge in [0, 0.05) is 20.1 Å². The summed E-state index contributed by atoms with van der Waals surface area (Å²) in [4.78, 5) is 15.7. The lowest BCUT2D eigenvalue weighted by atomic mass is 10.1. The lowest BCUT2D eigenvalue weighted by Gasteiger charge is -2.29. The Morgan fingerprint density at radius 2 is 2.30 bits per heavy atom. The number of likely N-dealkylation sites (tertiary alicyclic amines) is 1. The Morgan fingerprint density at radius 3 is 2.95 bits per heavy atom. The maximum Gasteiger partial charge on any atom is 0.266 e. The second-order valence-electron chi connectivity index (χ2n) is 5.28. The summed E-state index contributed by atoms with van der Waals surface area (Å²) in [6.07, 6.45) is 1.17. The molecule has 1 saturated heterocycles. The van der Waals surface area contributed by atoms with Crippen molar-refractivity contribution in [1.82, 2.24) is 14.7 Å². The Labute approximate surface area is 120 Å². The molecule has 1 atom stereocenters. The van der Waals surface area contributed by atoms with Gasteiger partial charge in [-0.2, -0.15) is 5.10 Å². The minimum Gasteiger partial charge on any atom is -0.397 e. The number of rotatable bonds is 1. The van der Waals surface area contributed by atoms with Gasteiger partial charge in [0.25, 0.3) is 5.91 Å². The first-order chi connectivity index (χ1) is 9.49. The molecular weight excluding hydrogens is 276 g/mol. The van der Waals surface area contributed by atoms with E-state index < -0.39 is 6.10 Å². The molecule has 2 aromatic rings. The van der Waals surface area contributed by atoms with Crippen LogP contribution in [0, 0.1) is 6.92 Å². The van der Waals surface area contributed by atoms with Crippen LogP contribution in [0.2, 0.25) is 0 Å². The second kappa shape index (κ2) is 4.75. The molecule has 1 fully saturated rings. The standard InChI is InChI=1S/C13H18N4O2S/c1-7-9-10(14)11(20-13(9)16(2)15-7)12(19)17-5-3-4-8(18)6-17/h8,18H,3-6,14H2,1-2H3. The molecular formula is C13H18N4O2S. The summed E-state index contributed by atoms with van der Waals surface area (Å²) in [7, 11) is 1.85. The van der Waals surface area contributed by atoms with E-state index in [1.807, 2.05) is 14.0 Å². The number of piperidine rings is 1. The van der Waals surface area contributed by atoms with Crippen molar-refractivity contribution >= 4 is 33.1 Å². The predicted molar refractivity (Wildman–Crippen MR) is 78.9 cm³/mol. The van der Waals surface area contributed by atoms with Gasteiger partial charge in [-0.05, 0) is 19.8 Å². The molecule has 0 spiro atoms. The summed E-state index contributed by atoms with van der Waals surface area (Å²) in [5, 5.41) is 14.9. The third kappa shape index (κ3) is 1.97. The minimum absolute atomic E-state index is 0.0816. The number of aliphatic hydroxyl groups is 1. The van der Waals surface area contributed by atoms with Gasteiger partial charge >= 0.3 is 0 Å². The first-order valence-corrected chi connectivity index (χ1v) is 7.49. The van der Waals surface area contributed by atoms with E-state index in [0.29, 0.717) is 23.7 Å². The number of nitrogen functional groups attached to an aromatic ring is 1. The zero-order valence-corrected chi connectivity index (χ0v) is 12.4. The summed E-state index contributed by atoms with van der Waals surface area (Å²) >= 11 is 1.38. The number of aryl methyl sites for hydroxylation is 2. The Hall–Kier alpha value is -1.60. The van der Waals surface area contributed by atoms with Crippen LogP contribution in [0.25, 0.3) is 10.2 Å². The van der Waals surface area contributed by atoms with E-state index in [2.05, 4.69) is 5.10 Å². The number of anilines is 1. The maximum atomic E-state index is 12.6. The normalized spacial score (nSPS) is 19.8. The number of hydrogen-bond donors (Lipinski definition) is 2. The van der Waals surface area contributed by atoms with Crippen LogP contribution in [0.5, 0.6) is 0 Å². The van der Waals surface area contributed by atoms with Gasteiger partial charge in [-0.1, -0.05) is 0 Å². The van der Waals surface area contributed by atoms with Crippen molar-refractivity contribution in [3.8, 4) is 0 Å². The summed E-state index contributed by atoms with van der Waals surface area (Å²) < 4.78 is 1.76. The van der Waals surface area contributed by atoms with Crippen molar-refractivity contribution in [1.29, 1.82) is 0 Å². The first-order valence-electron chi connectivity index (χ1n) is 6.68. The van der Waals surface area contributed by atoms with Gasteiger partial charge < -0.3 is 15.7 Å². The fraction of sp³-hybridized carbons (Fsp3) is 0.538. The van der Waals surface area contributed by atoms with Crippen LogP contribution in [-0.4, -0.2) is 44.9 Å². The highest BCUT2D eigenvalue weighted by Crippen LogP contribution is 2.36. The molecule has 0 bridgehead atoms. The highest BCUT2D eigenvalue weighted by Gasteiger charge is 2.28. The summed E-state index contributed by atoms with van der Waals surface area (Å²) in [5.41, 5.74) is 7.50. The van der Waals surface area contributed by atoms with E-state index in [9.17, 15) is 9.90 Å². The van der Waals surface area contributed by atoms with Crippen molar-refractivity contribution < 1.29 is 9.90 Å². The third-order valence-electron chi connectivity index (χ3n) is 3.76. The lowest BCUT2D eigenvalue weighted by molar-refractivity contribution is 0.0478. The molecule has 1 aliphatic rings. The lowest BCUT2D eigenvalue weighted by Crippen LogP contribution is -2.42. The van der Waals surface area contributed by atoms with Crippen LogP contribution in [0.15, 0.2) is 0 Å². The van der Waals surface area contributed by atoms with Crippen LogP contribution in [0.1, 0.15) is 28.2 Å². The topological polar surface area (TPSA) is 84.4 Å². The van der Waals surface area contributed by atoms with E-state index >= 15 is 0 Å². The van der Waals surface area contributed by atoms with Gasteiger partial charge in [-0.3, -0.25) is 9.48 Å². The molecule has 1 aliphatic heterocycles. The van der Waals surface area contributed by atoms with Crippen LogP contribution in [0.3, 0.4) is 0 Å². The average Bonchev–Trinajstić information content (AvgIpc) is 2.88. The fourth-order valence-corrected chi connectivity index (χ4v) is 3.93. The largest absolute Gasteiger partial charge is 0.397 e. The van der Waals surface area contributed by atoms with Crippen molar-refractivity contribution in [2.45, 2.75) is 25.9 Å². The van der Waals surface area contributed by atoms with Gasteiger partial charge in [-0.15, -0.1) is 11.3 Å². The van der Waals surface area contributed by atoms with E-state index in [1.165, 1.54) is 11.3 Å². The molecule has 0 aliphatic carbocycles. The SMILES string of the molecule is Cc1nn(C)c2sc(C(=O)N3CCCC(O)C3)c(N)c12. The number of nitrogens with two attached hydrogens (primary N) is 1. The predicted octanol–water partition coefficient (Wildman–Crippen LogP) is 1.12. The number of carbonyl (C=O) groups excluding carboxylic acids is 1. The number of fused-ring (bicyclic) bond motifs is 1. The third-order valence-corrected chi connectivity index (χ3v) is 5.02. The first kappa shape index (κ1) is 13.4. The summed E-state index contributed by atoms with van der Waals surface area (Å²) in [6.45, 7) is 2.97. The minimum atomic E-state index is -0.424. The van der Waals surface area contributed by atoms with Crippen LogP contribution >= 0.6 is 11.3 Å². The number of nitrogens with zero attached hydrogens (tertiary/aromatic N) is 3. The van der Waals surface area contributed by atoms with Gasteiger partial charge in [0.15, 0.2) is 0 Å². The Kier molecular flexibility index (Phi) is 3.18. The Balaban J connectivity index is 1.99. The van der Waals surface area contributed by atoms with E-state index in [1.54, 1.807) is 9.58 Å².